The van der Waals surface area contributed by atoms with Gasteiger partial charge in [0.15, 0.2) is 11.5 Å². The summed E-state index contributed by atoms with van der Waals surface area (Å²) in [7, 11) is 1.33. The van der Waals surface area contributed by atoms with Gasteiger partial charge in [-0.1, -0.05) is 59.6 Å². The summed E-state index contributed by atoms with van der Waals surface area (Å²) < 4.78 is 49.6. The number of esters is 1. The molecule has 5 rings (SSSR count). The number of nitrogens with one attached hydrogen (secondary N) is 2. The lowest BCUT2D eigenvalue weighted by atomic mass is 10.0. The second kappa shape index (κ2) is 12.2. The van der Waals surface area contributed by atoms with E-state index in [-0.39, 0.29) is 22.8 Å². The van der Waals surface area contributed by atoms with Crippen LogP contribution in [0.25, 0.3) is 22.0 Å². The fourth-order valence-corrected chi connectivity index (χ4v) is 4.80. The van der Waals surface area contributed by atoms with Crippen molar-refractivity contribution in [3.63, 3.8) is 0 Å². The first-order valence-electron chi connectivity index (χ1n) is 12.5. The van der Waals surface area contributed by atoms with Gasteiger partial charge in [-0.15, -0.1) is 0 Å². The maximum atomic E-state index is 13.2. The lowest BCUT2D eigenvalue weighted by Crippen LogP contribution is -2.19. The van der Waals surface area contributed by atoms with Crippen LogP contribution in [0, 0.1) is 0 Å². The molecule has 43 heavy (non-hydrogen) atoms. The minimum absolute atomic E-state index is 0.0227. The molecular weight excluding hydrogens is 606 g/mol. The molecule has 1 heterocycles. The molecule has 0 aliphatic heterocycles. The van der Waals surface area contributed by atoms with Gasteiger partial charge in [-0.05, 0) is 54.1 Å². The molecule has 0 fully saturated rings. The lowest BCUT2D eigenvalue weighted by molar-refractivity contribution is -0.137. The molecule has 0 unspecified atom stereocenters. The van der Waals surface area contributed by atoms with Crippen LogP contribution in [-0.4, -0.2) is 30.2 Å². The number of halogens is 5. The molecule has 0 aliphatic carbocycles. The summed E-state index contributed by atoms with van der Waals surface area (Å²) in [5, 5.41) is 5.61. The predicted molar refractivity (Wildman–Crippen MR) is 158 cm³/mol. The normalized spacial score (nSPS) is 11.6. The molecule has 12 heteroatoms. The number of para-hydroxylation sites is 1. The van der Waals surface area contributed by atoms with Crippen LogP contribution in [0.2, 0.25) is 10.0 Å². The standard InChI is InChI=1S/C31H20Cl2F3N3O4/c1-42-25-14-17(12-13-24(25)43-30(41)18-6-4-7-19(15-18)31(34,35)36)16-37-39-29(40)28-26(20-8-2-3-10-22(20)32)21-9-5-11-23(33)27(21)38-28/h2-16,38H,1H3,(H,39,40). The molecule has 2 N–H and O–H groups in total. The Morgan fingerprint density at radius 2 is 1.65 bits per heavy atom. The molecular formula is C31H20Cl2F3N3O4. The second-order valence-electron chi connectivity index (χ2n) is 9.09. The fourth-order valence-electron chi connectivity index (χ4n) is 4.35. The number of hydrogen-bond acceptors (Lipinski definition) is 5. The van der Waals surface area contributed by atoms with Gasteiger partial charge >= 0.3 is 12.1 Å². The van der Waals surface area contributed by atoms with E-state index >= 15 is 0 Å². The first kappa shape index (κ1) is 29.7. The van der Waals surface area contributed by atoms with E-state index in [0.29, 0.717) is 43.7 Å². The molecule has 0 spiro atoms. The number of hydrazone groups is 1. The summed E-state index contributed by atoms with van der Waals surface area (Å²) in [6, 6.07) is 20.7. The number of H-pyrrole nitrogens is 1. The quantitative estimate of drug-likeness (QED) is 0.0826. The maximum Gasteiger partial charge on any atom is 0.416 e. The molecule has 7 nitrogen and oxygen atoms in total. The number of aromatic amines is 1. The Hall–Kier alpha value is -4.80. The topological polar surface area (TPSA) is 92.8 Å². The summed E-state index contributed by atoms with van der Waals surface area (Å²) in [6.07, 6.45) is -3.27. The largest absolute Gasteiger partial charge is 0.493 e. The smallest absolute Gasteiger partial charge is 0.416 e. The third-order valence-electron chi connectivity index (χ3n) is 6.35. The van der Waals surface area contributed by atoms with Gasteiger partial charge in [-0.2, -0.15) is 18.3 Å². The van der Waals surface area contributed by atoms with Crippen LogP contribution in [0.5, 0.6) is 11.5 Å². The Kier molecular flexibility index (Phi) is 8.43. The van der Waals surface area contributed by atoms with Gasteiger partial charge in [-0.3, -0.25) is 4.79 Å². The summed E-state index contributed by atoms with van der Waals surface area (Å²) in [6.45, 7) is 0. The van der Waals surface area contributed by atoms with Gasteiger partial charge in [0.05, 0.1) is 35.0 Å². The maximum absolute atomic E-state index is 13.2. The minimum atomic E-state index is -4.61. The minimum Gasteiger partial charge on any atom is -0.493 e. The monoisotopic (exact) mass is 625 g/mol. The number of rotatable bonds is 7. The summed E-state index contributed by atoms with van der Waals surface area (Å²) in [5.41, 5.74) is 3.63. The number of alkyl halides is 3. The Bertz CT molecular complexity index is 1890. The van der Waals surface area contributed by atoms with Crippen molar-refractivity contribution in [3.8, 4) is 22.6 Å². The molecule has 5 aromatic rings. The number of ether oxygens (including phenoxy) is 2. The Balaban J connectivity index is 1.35. The van der Waals surface area contributed by atoms with E-state index in [4.69, 9.17) is 32.7 Å². The summed E-state index contributed by atoms with van der Waals surface area (Å²) in [4.78, 5) is 28.8. The predicted octanol–water partition coefficient (Wildman–Crippen LogP) is 8.15. The highest BCUT2D eigenvalue weighted by Gasteiger charge is 2.31. The van der Waals surface area contributed by atoms with Crippen LogP contribution < -0.4 is 14.9 Å². The van der Waals surface area contributed by atoms with Gasteiger partial charge in [-0.25, -0.2) is 10.2 Å². The van der Waals surface area contributed by atoms with Crippen molar-refractivity contribution in [1.29, 1.82) is 0 Å². The second-order valence-corrected chi connectivity index (χ2v) is 9.91. The van der Waals surface area contributed by atoms with Crippen LogP contribution in [0.4, 0.5) is 13.2 Å². The number of aromatic nitrogens is 1. The van der Waals surface area contributed by atoms with E-state index in [1.807, 2.05) is 6.07 Å². The number of fused-ring (bicyclic) bond motifs is 1. The highest BCUT2D eigenvalue weighted by atomic mass is 35.5. The number of methoxy groups -OCH3 is 1. The van der Waals surface area contributed by atoms with E-state index in [1.54, 1.807) is 36.4 Å². The Labute approximate surface area is 252 Å². The van der Waals surface area contributed by atoms with E-state index in [1.165, 1.54) is 37.6 Å². The fraction of sp³-hybridized carbons (Fsp3) is 0.0645. The van der Waals surface area contributed by atoms with Crippen molar-refractivity contribution in [1.82, 2.24) is 10.4 Å². The van der Waals surface area contributed by atoms with E-state index in [2.05, 4.69) is 15.5 Å². The molecule has 1 aromatic heterocycles. The van der Waals surface area contributed by atoms with Crippen molar-refractivity contribution in [3.05, 3.63) is 117 Å². The van der Waals surface area contributed by atoms with Crippen molar-refractivity contribution in [2.75, 3.05) is 7.11 Å². The molecule has 1 amide bonds. The zero-order valence-corrected chi connectivity index (χ0v) is 23.6. The third-order valence-corrected chi connectivity index (χ3v) is 6.99. The average molecular weight is 626 g/mol. The van der Waals surface area contributed by atoms with Gasteiger partial charge in [0, 0.05) is 21.5 Å². The van der Waals surface area contributed by atoms with Gasteiger partial charge in [0.1, 0.15) is 5.69 Å². The van der Waals surface area contributed by atoms with Gasteiger partial charge in [0.25, 0.3) is 5.91 Å². The first-order chi connectivity index (χ1) is 20.6. The summed E-state index contributed by atoms with van der Waals surface area (Å²) in [5.74, 6) is -1.46. The molecule has 0 saturated heterocycles. The van der Waals surface area contributed by atoms with Crippen molar-refractivity contribution in [2.45, 2.75) is 6.18 Å². The Morgan fingerprint density at radius 1 is 0.907 bits per heavy atom. The molecule has 0 radical (unpaired) electrons. The highest BCUT2D eigenvalue weighted by Crippen LogP contribution is 2.38. The van der Waals surface area contributed by atoms with Crippen LogP contribution in [0.3, 0.4) is 0 Å². The number of amides is 1. The zero-order chi connectivity index (χ0) is 30.7. The molecule has 0 aliphatic rings. The molecule has 4 aromatic carbocycles. The molecule has 0 atom stereocenters. The number of nitrogens with zero attached hydrogens (tertiary/aromatic N) is 1. The number of carbonyl (C=O) groups is 2. The average Bonchev–Trinajstić information content (AvgIpc) is 3.38. The van der Waals surface area contributed by atoms with Crippen molar-refractivity contribution < 1.29 is 32.2 Å². The molecule has 0 saturated carbocycles. The van der Waals surface area contributed by atoms with Crippen molar-refractivity contribution >= 4 is 52.2 Å². The highest BCUT2D eigenvalue weighted by molar-refractivity contribution is 6.37. The van der Waals surface area contributed by atoms with Crippen LogP contribution >= 0.6 is 23.2 Å². The van der Waals surface area contributed by atoms with E-state index in [9.17, 15) is 22.8 Å². The number of hydrogen-bond donors (Lipinski definition) is 2. The SMILES string of the molecule is COc1cc(C=NNC(=O)c2[nH]c3c(Cl)cccc3c2-c2ccccc2Cl)ccc1OC(=O)c1cccc(C(F)(F)F)c1. The molecule has 218 valence electrons. The van der Waals surface area contributed by atoms with Crippen LogP contribution in [0.1, 0.15) is 32.0 Å². The number of benzene rings is 4. The number of carbonyl (C=O) groups excluding carboxylic acids is 2. The van der Waals surface area contributed by atoms with Gasteiger partial charge < -0.3 is 14.5 Å². The third kappa shape index (κ3) is 6.35. The van der Waals surface area contributed by atoms with Crippen LogP contribution in [0.15, 0.2) is 90.0 Å². The van der Waals surface area contributed by atoms with E-state index in [0.717, 1.165) is 12.1 Å². The van der Waals surface area contributed by atoms with Crippen LogP contribution in [-0.2, 0) is 6.18 Å². The first-order valence-corrected chi connectivity index (χ1v) is 13.3. The summed E-state index contributed by atoms with van der Waals surface area (Å²) >= 11 is 12.8. The Morgan fingerprint density at radius 3 is 2.40 bits per heavy atom. The molecule has 0 bridgehead atoms. The zero-order valence-electron chi connectivity index (χ0n) is 22.1. The van der Waals surface area contributed by atoms with Crippen molar-refractivity contribution in [2.24, 2.45) is 5.10 Å². The van der Waals surface area contributed by atoms with Gasteiger partial charge in [0.2, 0.25) is 0 Å². The lowest BCUT2D eigenvalue weighted by Gasteiger charge is -2.11. The van der Waals surface area contributed by atoms with E-state index < -0.39 is 23.6 Å².